The van der Waals surface area contributed by atoms with Crippen LogP contribution in [0.4, 0.5) is 13.2 Å². The number of pyridine rings is 2. The molecule has 0 saturated carbocycles. The number of nitrogens with zero attached hydrogens (tertiary/aromatic N) is 2. The summed E-state index contributed by atoms with van der Waals surface area (Å²) in [6.45, 7) is 3.50. The van der Waals surface area contributed by atoms with Crippen LogP contribution in [0, 0.1) is 0 Å². The van der Waals surface area contributed by atoms with Crippen molar-refractivity contribution < 1.29 is 32.5 Å². The van der Waals surface area contributed by atoms with Crippen LogP contribution in [0.3, 0.4) is 0 Å². The number of esters is 1. The summed E-state index contributed by atoms with van der Waals surface area (Å²) in [7, 11) is 0. The molecule has 31 heavy (non-hydrogen) atoms. The molecule has 0 amide bonds. The maximum Gasteiger partial charge on any atom is 0.417 e. The van der Waals surface area contributed by atoms with Gasteiger partial charge in [0.05, 0.1) is 11.1 Å². The van der Waals surface area contributed by atoms with E-state index < -0.39 is 23.8 Å². The average molecular weight is 430 g/mol. The molecule has 0 aliphatic heterocycles. The molecule has 1 aromatic carbocycles. The molecule has 9 heteroatoms. The Morgan fingerprint density at radius 3 is 2.42 bits per heavy atom. The fraction of sp³-hybridized carbons (Fsp3) is 0.136. The normalized spacial score (nSPS) is 12.1. The van der Waals surface area contributed by atoms with Gasteiger partial charge in [0, 0.05) is 30.2 Å². The van der Waals surface area contributed by atoms with Crippen molar-refractivity contribution in [3.8, 4) is 11.6 Å². The molecule has 6 nitrogen and oxygen atoms in total. The predicted molar refractivity (Wildman–Crippen MR) is 104 cm³/mol. The molecule has 0 bridgehead atoms. The molecule has 1 atom stereocenters. The lowest BCUT2D eigenvalue weighted by molar-refractivity contribution is -0.141. The summed E-state index contributed by atoms with van der Waals surface area (Å²) in [5.41, 5.74) is 0.0566. The van der Waals surface area contributed by atoms with Crippen LogP contribution in [-0.2, 0) is 22.3 Å². The summed E-state index contributed by atoms with van der Waals surface area (Å²) in [6, 6.07) is 11.6. The Labute approximate surface area is 175 Å². The van der Waals surface area contributed by atoms with Crippen LogP contribution in [0.15, 0.2) is 79.3 Å². The first-order chi connectivity index (χ1) is 14.7. The van der Waals surface area contributed by atoms with Crippen molar-refractivity contribution >= 4 is 5.97 Å². The van der Waals surface area contributed by atoms with Gasteiger partial charge in [-0.1, -0.05) is 24.8 Å². The Morgan fingerprint density at radius 1 is 1.10 bits per heavy atom. The minimum atomic E-state index is -4.47. The fourth-order valence-electron chi connectivity index (χ4n) is 2.47. The molecular formula is C22H17F3N2O4. The third-order valence-electron chi connectivity index (χ3n) is 4.17. The molecule has 1 N–H and O–H groups in total. The Kier molecular flexibility index (Phi) is 6.66. The van der Waals surface area contributed by atoms with E-state index in [0.29, 0.717) is 23.1 Å². The number of rotatable bonds is 7. The Bertz CT molecular complexity index is 1040. The lowest BCUT2D eigenvalue weighted by Crippen LogP contribution is -2.14. The highest BCUT2D eigenvalue weighted by atomic mass is 19.4. The van der Waals surface area contributed by atoms with Crippen molar-refractivity contribution in [1.29, 1.82) is 0 Å². The number of ether oxygens (including phenoxy) is 2. The summed E-state index contributed by atoms with van der Waals surface area (Å²) in [6.07, 6.45) is -2.04. The largest absolute Gasteiger partial charge is 0.457 e. The monoisotopic (exact) mass is 430 g/mol. The van der Waals surface area contributed by atoms with Crippen LogP contribution >= 0.6 is 0 Å². The van der Waals surface area contributed by atoms with E-state index in [2.05, 4.69) is 16.5 Å². The molecule has 1 unspecified atom stereocenters. The lowest BCUT2D eigenvalue weighted by atomic mass is 10.1. The Morgan fingerprint density at radius 2 is 1.84 bits per heavy atom. The maximum atomic E-state index is 12.6. The van der Waals surface area contributed by atoms with Crippen molar-refractivity contribution in [2.75, 3.05) is 0 Å². The summed E-state index contributed by atoms with van der Waals surface area (Å²) >= 11 is 0. The van der Waals surface area contributed by atoms with E-state index in [0.717, 1.165) is 12.1 Å². The highest BCUT2D eigenvalue weighted by molar-refractivity contribution is 5.89. The van der Waals surface area contributed by atoms with Crippen LogP contribution in [0.2, 0.25) is 0 Å². The molecule has 2 heterocycles. The standard InChI is InChI=1S/C22H17F3N2O4/c1-14(20(28)16-3-2-10-26-11-16)21(29)30-13-15-4-7-18(8-5-15)31-19-9-6-17(12-27-19)22(23,24)25/h2-12,20,28H,1,13H2. The van der Waals surface area contributed by atoms with E-state index in [9.17, 15) is 23.1 Å². The van der Waals surface area contributed by atoms with Gasteiger partial charge in [0.1, 0.15) is 18.5 Å². The molecule has 0 spiro atoms. The molecule has 3 rings (SSSR count). The molecule has 0 aliphatic rings. The van der Waals surface area contributed by atoms with Gasteiger partial charge >= 0.3 is 12.1 Å². The van der Waals surface area contributed by atoms with Crippen LogP contribution in [0.25, 0.3) is 0 Å². The van der Waals surface area contributed by atoms with Gasteiger partial charge in [0.15, 0.2) is 0 Å². The molecular weight excluding hydrogens is 413 g/mol. The van der Waals surface area contributed by atoms with E-state index >= 15 is 0 Å². The van der Waals surface area contributed by atoms with Crippen LogP contribution in [0.5, 0.6) is 11.6 Å². The minimum absolute atomic E-state index is 0.00728. The zero-order valence-electron chi connectivity index (χ0n) is 16.0. The number of aliphatic hydroxyl groups is 1. The SMILES string of the molecule is C=C(C(=O)OCc1ccc(Oc2ccc(C(F)(F)F)cn2)cc1)C(O)c1cccnc1. The van der Waals surface area contributed by atoms with Gasteiger partial charge in [-0.25, -0.2) is 9.78 Å². The van der Waals surface area contributed by atoms with Gasteiger partial charge in [-0.3, -0.25) is 4.98 Å². The third kappa shape index (κ3) is 5.89. The molecule has 0 aliphatic carbocycles. The number of aliphatic hydroxyl groups excluding tert-OH is 1. The molecule has 0 saturated heterocycles. The number of benzene rings is 1. The lowest BCUT2D eigenvalue weighted by Gasteiger charge is -2.13. The van der Waals surface area contributed by atoms with Crippen molar-refractivity contribution in [1.82, 2.24) is 9.97 Å². The maximum absolute atomic E-state index is 12.6. The second-order valence-electron chi connectivity index (χ2n) is 6.42. The number of carbonyl (C=O) groups is 1. The molecule has 160 valence electrons. The number of hydrogen-bond donors (Lipinski definition) is 1. The highest BCUT2D eigenvalue weighted by Crippen LogP contribution is 2.30. The number of alkyl halides is 3. The third-order valence-corrected chi connectivity index (χ3v) is 4.17. The van der Waals surface area contributed by atoms with Crippen LogP contribution < -0.4 is 4.74 Å². The smallest absolute Gasteiger partial charge is 0.417 e. The minimum Gasteiger partial charge on any atom is -0.457 e. The molecule has 0 radical (unpaired) electrons. The number of carbonyl (C=O) groups excluding carboxylic acids is 1. The van der Waals surface area contributed by atoms with Gasteiger partial charge in [0.2, 0.25) is 5.88 Å². The first-order valence-electron chi connectivity index (χ1n) is 8.98. The van der Waals surface area contributed by atoms with Crippen molar-refractivity contribution in [2.24, 2.45) is 0 Å². The van der Waals surface area contributed by atoms with Gasteiger partial charge in [-0.2, -0.15) is 13.2 Å². The van der Waals surface area contributed by atoms with Gasteiger partial charge < -0.3 is 14.6 Å². The second-order valence-corrected chi connectivity index (χ2v) is 6.42. The van der Waals surface area contributed by atoms with Gasteiger partial charge in [-0.05, 0) is 29.8 Å². The van der Waals surface area contributed by atoms with E-state index in [-0.39, 0.29) is 18.1 Å². The summed E-state index contributed by atoms with van der Waals surface area (Å²) in [4.78, 5) is 19.6. The summed E-state index contributed by atoms with van der Waals surface area (Å²) in [5.74, 6) is -0.405. The van der Waals surface area contributed by atoms with Crippen molar-refractivity contribution in [3.05, 3.63) is 96.0 Å². The number of aromatic nitrogens is 2. The van der Waals surface area contributed by atoms with E-state index in [1.54, 1.807) is 36.4 Å². The Hall–Kier alpha value is -3.72. The highest BCUT2D eigenvalue weighted by Gasteiger charge is 2.30. The van der Waals surface area contributed by atoms with Crippen LogP contribution in [0.1, 0.15) is 22.8 Å². The predicted octanol–water partition coefficient (Wildman–Crippen LogP) is 4.62. The fourth-order valence-corrected chi connectivity index (χ4v) is 2.47. The van der Waals surface area contributed by atoms with Crippen molar-refractivity contribution in [2.45, 2.75) is 18.9 Å². The second kappa shape index (κ2) is 9.40. The first kappa shape index (κ1) is 22.0. The zero-order chi connectivity index (χ0) is 22.4. The van der Waals surface area contributed by atoms with Gasteiger partial charge in [0.25, 0.3) is 0 Å². The van der Waals surface area contributed by atoms with E-state index in [1.165, 1.54) is 12.4 Å². The topological polar surface area (TPSA) is 81.5 Å². The summed E-state index contributed by atoms with van der Waals surface area (Å²) < 4.78 is 48.2. The molecule has 0 fully saturated rings. The van der Waals surface area contributed by atoms with Crippen LogP contribution in [-0.4, -0.2) is 21.0 Å². The molecule has 3 aromatic rings. The Balaban J connectivity index is 1.53. The van der Waals surface area contributed by atoms with Gasteiger partial charge in [-0.15, -0.1) is 0 Å². The summed E-state index contributed by atoms with van der Waals surface area (Å²) in [5, 5.41) is 10.2. The number of hydrogen-bond acceptors (Lipinski definition) is 6. The van der Waals surface area contributed by atoms with Crippen molar-refractivity contribution in [3.63, 3.8) is 0 Å². The first-order valence-corrected chi connectivity index (χ1v) is 8.98. The zero-order valence-corrected chi connectivity index (χ0v) is 16.0. The average Bonchev–Trinajstić information content (AvgIpc) is 2.77. The molecule has 2 aromatic heterocycles. The number of halogens is 3. The van der Waals surface area contributed by atoms with E-state index in [4.69, 9.17) is 9.47 Å². The quantitative estimate of drug-likeness (QED) is 0.435. The van der Waals surface area contributed by atoms with E-state index in [1.807, 2.05) is 0 Å².